The standard InChI is InChI=1S/C25H35N3OS2/c1-15-6-5-11-28(13-15)20(29)14-30-23-21-18-10-9-17(25(2,3)4)12-19(18)31-24(21)27-22(26-23)16-7-8-16/h15-17H,5-14H2,1-4H3/t15-,17-/m1/s1. The fraction of sp³-hybridized carbons (Fsp3) is 0.720. The van der Waals surface area contributed by atoms with Gasteiger partial charge in [0.1, 0.15) is 15.7 Å². The lowest BCUT2D eigenvalue weighted by atomic mass is 9.72. The number of hydrogen-bond acceptors (Lipinski definition) is 5. The molecule has 0 radical (unpaired) electrons. The van der Waals surface area contributed by atoms with Crippen molar-refractivity contribution in [3.05, 3.63) is 16.3 Å². The minimum Gasteiger partial charge on any atom is -0.342 e. The van der Waals surface area contributed by atoms with E-state index in [1.54, 1.807) is 11.8 Å². The molecule has 6 heteroatoms. The van der Waals surface area contributed by atoms with Gasteiger partial charge in [0.05, 0.1) is 5.75 Å². The molecule has 1 saturated carbocycles. The van der Waals surface area contributed by atoms with Gasteiger partial charge in [-0.2, -0.15) is 0 Å². The highest BCUT2D eigenvalue weighted by molar-refractivity contribution is 8.00. The number of likely N-dealkylation sites (tertiary alicyclic amines) is 1. The molecular weight excluding hydrogens is 422 g/mol. The van der Waals surface area contributed by atoms with Crippen molar-refractivity contribution >= 4 is 39.2 Å². The van der Waals surface area contributed by atoms with Gasteiger partial charge in [0.15, 0.2) is 0 Å². The monoisotopic (exact) mass is 457 g/mol. The van der Waals surface area contributed by atoms with Gasteiger partial charge in [-0.05, 0) is 67.8 Å². The van der Waals surface area contributed by atoms with Gasteiger partial charge < -0.3 is 4.90 Å². The van der Waals surface area contributed by atoms with Crippen LogP contribution in [0.2, 0.25) is 0 Å². The largest absolute Gasteiger partial charge is 0.342 e. The minimum atomic E-state index is 0.271. The number of amides is 1. The molecule has 3 heterocycles. The Morgan fingerprint density at radius 2 is 2.00 bits per heavy atom. The number of thiophene rings is 1. The number of hydrogen-bond donors (Lipinski definition) is 0. The fourth-order valence-electron chi connectivity index (χ4n) is 5.16. The molecule has 1 aliphatic heterocycles. The van der Waals surface area contributed by atoms with Gasteiger partial charge in [-0.25, -0.2) is 9.97 Å². The SMILES string of the molecule is C[C@@H]1CCCN(C(=O)CSc2nc(C3CC3)nc3sc4c(c23)CC[C@@H](C(C)(C)C)C4)C1. The highest BCUT2D eigenvalue weighted by Gasteiger charge is 2.34. The third kappa shape index (κ3) is 4.52. The third-order valence-electron chi connectivity index (χ3n) is 7.40. The number of aromatic nitrogens is 2. The van der Waals surface area contributed by atoms with E-state index in [0.717, 1.165) is 54.0 Å². The maximum absolute atomic E-state index is 12.9. The lowest BCUT2D eigenvalue weighted by Gasteiger charge is -2.33. The topological polar surface area (TPSA) is 46.1 Å². The summed E-state index contributed by atoms with van der Waals surface area (Å²) in [5.74, 6) is 3.66. The second-order valence-corrected chi connectivity index (χ2v) is 13.1. The van der Waals surface area contributed by atoms with E-state index < -0.39 is 0 Å². The Bertz CT molecular complexity index is 989. The maximum Gasteiger partial charge on any atom is 0.232 e. The number of aryl methyl sites for hydroxylation is 1. The Balaban J connectivity index is 1.43. The highest BCUT2D eigenvalue weighted by Crippen LogP contribution is 2.46. The molecule has 0 spiro atoms. The first-order valence-corrected chi connectivity index (χ1v) is 13.8. The molecule has 4 nitrogen and oxygen atoms in total. The van der Waals surface area contributed by atoms with E-state index in [1.165, 1.54) is 41.5 Å². The van der Waals surface area contributed by atoms with E-state index in [-0.39, 0.29) is 5.91 Å². The van der Waals surface area contributed by atoms with E-state index in [1.807, 2.05) is 11.3 Å². The molecule has 0 unspecified atom stereocenters. The molecule has 5 rings (SSSR count). The molecular formula is C25H35N3OS2. The Hall–Kier alpha value is -1.14. The lowest BCUT2D eigenvalue weighted by molar-refractivity contribution is -0.130. The van der Waals surface area contributed by atoms with Crippen LogP contribution in [0.15, 0.2) is 5.03 Å². The van der Waals surface area contributed by atoms with Crippen molar-refractivity contribution in [1.29, 1.82) is 0 Å². The lowest BCUT2D eigenvalue weighted by Crippen LogP contribution is -2.40. The van der Waals surface area contributed by atoms with E-state index in [2.05, 4.69) is 32.6 Å². The predicted octanol–water partition coefficient (Wildman–Crippen LogP) is 6.07. The predicted molar refractivity (Wildman–Crippen MR) is 130 cm³/mol. The summed E-state index contributed by atoms with van der Waals surface area (Å²) in [5, 5.41) is 2.33. The second-order valence-electron chi connectivity index (χ2n) is 11.0. The smallest absolute Gasteiger partial charge is 0.232 e. The van der Waals surface area contributed by atoms with Crippen LogP contribution in [0.3, 0.4) is 0 Å². The van der Waals surface area contributed by atoms with Gasteiger partial charge in [0.2, 0.25) is 5.91 Å². The van der Waals surface area contributed by atoms with Gasteiger partial charge in [0, 0.05) is 29.3 Å². The first-order valence-electron chi connectivity index (χ1n) is 12.0. The second kappa shape index (κ2) is 8.33. The molecule has 3 aliphatic rings. The number of rotatable bonds is 4. The molecule has 2 atom stereocenters. The molecule has 2 aromatic rings. The number of fused-ring (bicyclic) bond motifs is 3. The normalized spacial score (nSPS) is 24.5. The van der Waals surface area contributed by atoms with E-state index in [4.69, 9.17) is 9.97 Å². The molecule has 168 valence electrons. The van der Waals surface area contributed by atoms with Crippen molar-refractivity contribution in [2.45, 2.75) is 83.6 Å². The number of carbonyl (C=O) groups is 1. The van der Waals surface area contributed by atoms with Gasteiger partial charge in [-0.3, -0.25) is 4.79 Å². The van der Waals surface area contributed by atoms with Crippen molar-refractivity contribution < 1.29 is 4.79 Å². The van der Waals surface area contributed by atoms with Crippen LogP contribution in [-0.4, -0.2) is 39.6 Å². The third-order valence-corrected chi connectivity index (χ3v) is 9.51. The van der Waals surface area contributed by atoms with E-state index >= 15 is 0 Å². The van der Waals surface area contributed by atoms with E-state index in [9.17, 15) is 4.79 Å². The zero-order chi connectivity index (χ0) is 21.8. The molecule has 1 saturated heterocycles. The maximum atomic E-state index is 12.9. The van der Waals surface area contributed by atoms with Crippen molar-refractivity contribution in [2.75, 3.05) is 18.8 Å². The van der Waals surface area contributed by atoms with E-state index in [0.29, 0.717) is 23.0 Å². The van der Waals surface area contributed by atoms with Crippen LogP contribution >= 0.6 is 23.1 Å². The Morgan fingerprint density at radius 1 is 1.19 bits per heavy atom. The average molecular weight is 458 g/mol. The Morgan fingerprint density at radius 3 is 2.71 bits per heavy atom. The van der Waals surface area contributed by atoms with Crippen LogP contribution < -0.4 is 0 Å². The number of nitrogens with zero attached hydrogens (tertiary/aromatic N) is 3. The van der Waals surface area contributed by atoms with Crippen LogP contribution in [-0.2, 0) is 17.6 Å². The van der Waals surface area contributed by atoms with Crippen molar-refractivity contribution in [1.82, 2.24) is 14.9 Å². The molecule has 1 amide bonds. The van der Waals surface area contributed by atoms with Crippen LogP contribution in [0.1, 0.15) is 82.0 Å². The number of thioether (sulfide) groups is 1. The van der Waals surface area contributed by atoms with Crippen LogP contribution in [0, 0.1) is 17.3 Å². The molecule has 2 aromatic heterocycles. The first-order chi connectivity index (χ1) is 14.8. The molecule has 0 bridgehead atoms. The number of carbonyl (C=O) groups excluding carboxylic acids is 1. The van der Waals surface area contributed by atoms with Crippen LogP contribution in [0.25, 0.3) is 10.2 Å². The molecule has 0 aromatic carbocycles. The van der Waals surface area contributed by atoms with Gasteiger partial charge in [-0.15, -0.1) is 11.3 Å². The minimum absolute atomic E-state index is 0.271. The fourth-order valence-corrected chi connectivity index (χ4v) is 7.50. The van der Waals surface area contributed by atoms with Crippen molar-refractivity contribution in [3.63, 3.8) is 0 Å². The summed E-state index contributed by atoms with van der Waals surface area (Å²) in [6.07, 6.45) is 8.30. The average Bonchev–Trinajstić information content (AvgIpc) is 3.51. The summed E-state index contributed by atoms with van der Waals surface area (Å²) in [7, 11) is 0. The molecule has 2 fully saturated rings. The highest BCUT2D eigenvalue weighted by atomic mass is 32.2. The molecule has 2 aliphatic carbocycles. The molecule has 0 N–H and O–H groups in total. The summed E-state index contributed by atoms with van der Waals surface area (Å²) in [6, 6.07) is 0. The zero-order valence-electron chi connectivity index (χ0n) is 19.4. The Kier molecular flexibility index (Phi) is 5.83. The van der Waals surface area contributed by atoms with Crippen molar-refractivity contribution in [2.24, 2.45) is 17.3 Å². The zero-order valence-corrected chi connectivity index (χ0v) is 21.0. The first kappa shape index (κ1) is 21.7. The van der Waals surface area contributed by atoms with Gasteiger partial charge >= 0.3 is 0 Å². The van der Waals surface area contributed by atoms with Crippen LogP contribution in [0.5, 0.6) is 0 Å². The quantitative estimate of drug-likeness (QED) is 0.413. The summed E-state index contributed by atoms with van der Waals surface area (Å²) in [5.41, 5.74) is 1.82. The summed E-state index contributed by atoms with van der Waals surface area (Å²) >= 11 is 3.56. The van der Waals surface area contributed by atoms with Gasteiger partial charge in [-0.1, -0.05) is 39.5 Å². The number of piperidine rings is 1. The summed E-state index contributed by atoms with van der Waals surface area (Å²) < 4.78 is 0. The summed E-state index contributed by atoms with van der Waals surface area (Å²) in [6.45, 7) is 11.2. The Labute approximate surface area is 194 Å². The molecule has 31 heavy (non-hydrogen) atoms. The summed E-state index contributed by atoms with van der Waals surface area (Å²) in [4.78, 5) is 27.7. The van der Waals surface area contributed by atoms with Crippen LogP contribution in [0.4, 0.5) is 0 Å². The van der Waals surface area contributed by atoms with Gasteiger partial charge in [0.25, 0.3) is 0 Å². The van der Waals surface area contributed by atoms with Crippen molar-refractivity contribution in [3.8, 4) is 0 Å².